The summed E-state index contributed by atoms with van der Waals surface area (Å²) in [5, 5.41) is 25.1. The van der Waals surface area contributed by atoms with Gasteiger partial charge < -0.3 is 25.8 Å². The molecule has 0 spiro atoms. The van der Waals surface area contributed by atoms with Gasteiger partial charge in [0.05, 0.1) is 11.8 Å². The molecule has 0 radical (unpaired) electrons. The van der Waals surface area contributed by atoms with E-state index in [0.29, 0.717) is 16.6 Å². The number of nitrogens with zero attached hydrogens (tertiary/aromatic N) is 3. The van der Waals surface area contributed by atoms with Gasteiger partial charge in [-0.15, -0.1) is 0 Å². The summed E-state index contributed by atoms with van der Waals surface area (Å²) in [5.74, 6) is -1.30. The van der Waals surface area contributed by atoms with Gasteiger partial charge in [-0.3, -0.25) is 9.59 Å². The number of rotatable bonds is 5. The molecule has 0 aliphatic heterocycles. The smallest absolute Gasteiger partial charge is 0.279 e. The third kappa shape index (κ3) is 3.74. The van der Waals surface area contributed by atoms with Gasteiger partial charge in [-0.2, -0.15) is 0 Å². The van der Waals surface area contributed by atoms with E-state index in [1.54, 1.807) is 18.2 Å². The van der Waals surface area contributed by atoms with Crippen molar-refractivity contribution in [3.63, 3.8) is 0 Å². The number of anilines is 1. The zero-order chi connectivity index (χ0) is 21.1. The molecular formula is C20H16N6O4. The summed E-state index contributed by atoms with van der Waals surface area (Å²) in [6.07, 6.45) is 4.31. The van der Waals surface area contributed by atoms with Gasteiger partial charge in [-0.1, -0.05) is 0 Å². The van der Waals surface area contributed by atoms with Crippen molar-refractivity contribution in [3.8, 4) is 11.5 Å². The van der Waals surface area contributed by atoms with Crippen LogP contribution in [0.25, 0.3) is 11.0 Å². The summed E-state index contributed by atoms with van der Waals surface area (Å²) in [6.45, 7) is 0.124. The first kappa shape index (κ1) is 18.9. The number of nitrogens with one attached hydrogen (secondary N) is 3. The van der Waals surface area contributed by atoms with Gasteiger partial charge in [0, 0.05) is 18.9 Å². The van der Waals surface area contributed by atoms with Crippen molar-refractivity contribution in [2.75, 3.05) is 5.32 Å². The molecule has 0 atom stereocenters. The average molecular weight is 404 g/mol. The minimum Gasteiger partial charge on any atom is -0.507 e. The molecule has 10 heteroatoms. The van der Waals surface area contributed by atoms with Gasteiger partial charge in [-0.25, -0.2) is 15.0 Å². The predicted molar refractivity (Wildman–Crippen MR) is 107 cm³/mol. The molecule has 5 N–H and O–H groups in total. The zero-order valence-electron chi connectivity index (χ0n) is 15.5. The zero-order valence-corrected chi connectivity index (χ0v) is 15.5. The fourth-order valence-electron chi connectivity index (χ4n) is 2.89. The molecule has 2 amide bonds. The van der Waals surface area contributed by atoms with Crippen molar-refractivity contribution in [1.29, 1.82) is 0 Å². The minimum absolute atomic E-state index is 0.0713. The largest absolute Gasteiger partial charge is 0.507 e. The number of carbonyl (C=O) groups is 2. The first-order valence-electron chi connectivity index (χ1n) is 8.86. The quantitative estimate of drug-likeness (QED) is 0.341. The number of aromatic amines is 1. The molecule has 3 aromatic heterocycles. The Morgan fingerprint density at radius 3 is 2.67 bits per heavy atom. The van der Waals surface area contributed by atoms with Crippen LogP contribution in [0.2, 0.25) is 0 Å². The Morgan fingerprint density at radius 1 is 0.967 bits per heavy atom. The Hall–Kier alpha value is -4.47. The lowest BCUT2D eigenvalue weighted by Gasteiger charge is -2.09. The van der Waals surface area contributed by atoms with Gasteiger partial charge in [0.15, 0.2) is 5.69 Å². The average Bonchev–Trinajstić information content (AvgIpc) is 3.21. The predicted octanol–water partition coefficient (Wildman–Crippen LogP) is 1.95. The van der Waals surface area contributed by atoms with Gasteiger partial charge >= 0.3 is 0 Å². The molecule has 4 aromatic rings. The minimum atomic E-state index is -0.614. The van der Waals surface area contributed by atoms with E-state index in [1.165, 1.54) is 36.9 Å². The molecule has 0 saturated carbocycles. The lowest BCUT2D eigenvalue weighted by Crippen LogP contribution is -2.23. The number of hydrogen-bond acceptors (Lipinski definition) is 7. The number of H-pyrrole nitrogens is 1. The molecule has 30 heavy (non-hydrogen) atoms. The molecule has 0 fully saturated rings. The monoisotopic (exact) mass is 404 g/mol. The van der Waals surface area contributed by atoms with Crippen LogP contribution in [0.3, 0.4) is 0 Å². The first-order valence-corrected chi connectivity index (χ1v) is 8.86. The normalized spacial score (nSPS) is 10.7. The summed E-state index contributed by atoms with van der Waals surface area (Å²) in [7, 11) is 0. The fourth-order valence-corrected chi connectivity index (χ4v) is 2.89. The maximum atomic E-state index is 12.6. The highest BCUT2D eigenvalue weighted by molar-refractivity contribution is 6.07. The Balaban J connectivity index is 1.46. The van der Waals surface area contributed by atoms with Crippen LogP contribution in [-0.2, 0) is 6.54 Å². The first-order chi connectivity index (χ1) is 14.5. The Bertz CT molecular complexity index is 1250. The maximum absolute atomic E-state index is 12.6. The van der Waals surface area contributed by atoms with Crippen LogP contribution in [0.1, 0.15) is 26.4 Å². The molecule has 4 rings (SSSR count). The second-order valence-corrected chi connectivity index (χ2v) is 6.32. The van der Waals surface area contributed by atoms with Crippen molar-refractivity contribution in [1.82, 2.24) is 25.3 Å². The molecule has 0 aliphatic rings. The van der Waals surface area contributed by atoms with Crippen LogP contribution in [0, 0.1) is 0 Å². The number of benzene rings is 1. The van der Waals surface area contributed by atoms with Crippen molar-refractivity contribution in [2.45, 2.75) is 6.54 Å². The van der Waals surface area contributed by atoms with Crippen LogP contribution >= 0.6 is 0 Å². The van der Waals surface area contributed by atoms with E-state index in [9.17, 15) is 19.8 Å². The van der Waals surface area contributed by atoms with Gasteiger partial charge in [0.2, 0.25) is 0 Å². The van der Waals surface area contributed by atoms with Gasteiger partial charge in [-0.05, 0) is 42.0 Å². The number of aromatic hydroxyl groups is 2. The summed E-state index contributed by atoms with van der Waals surface area (Å²) in [6, 6.07) is 9.16. The number of pyridine rings is 2. The van der Waals surface area contributed by atoms with Crippen LogP contribution in [0.5, 0.6) is 11.5 Å². The standard InChI is InChI=1S/C20H16N6O4/c27-13-4-3-12-17(25-10-24-12)16(13)19(29)23-9-11-5-7-21-15(8-11)26-20(30)18-14(28)2-1-6-22-18/h1-8,10,27-28H,9H2,(H,23,29)(H,24,25)(H,21,26,30). The van der Waals surface area contributed by atoms with Crippen molar-refractivity contribution >= 4 is 28.7 Å². The summed E-state index contributed by atoms with van der Waals surface area (Å²) in [4.78, 5) is 39.7. The van der Waals surface area contributed by atoms with E-state index < -0.39 is 11.8 Å². The lowest BCUT2D eigenvalue weighted by atomic mass is 10.1. The molecule has 150 valence electrons. The molecule has 0 aliphatic carbocycles. The van der Waals surface area contributed by atoms with E-state index in [2.05, 4.69) is 30.6 Å². The third-order valence-electron chi connectivity index (χ3n) is 4.32. The number of hydrogen-bond donors (Lipinski definition) is 5. The van der Waals surface area contributed by atoms with E-state index in [-0.39, 0.29) is 35.1 Å². The second kappa shape index (κ2) is 7.87. The molecule has 0 saturated heterocycles. The molecule has 1 aromatic carbocycles. The molecule has 10 nitrogen and oxygen atoms in total. The Morgan fingerprint density at radius 2 is 1.83 bits per heavy atom. The van der Waals surface area contributed by atoms with Crippen molar-refractivity contribution in [2.24, 2.45) is 0 Å². The Labute approximate surface area is 169 Å². The summed E-state index contributed by atoms with van der Waals surface area (Å²) in [5.41, 5.74) is 1.60. The number of fused-ring (bicyclic) bond motifs is 1. The SMILES string of the molecule is O=C(Nc1cc(CNC(=O)c2c(O)ccc3[nH]cnc23)ccn1)c1ncccc1O. The lowest BCUT2D eigenvalue weighted by molar-refractivity contribution is 0.0948. The fraction of sp³-hybridized carbons (Fsp3) is 0.0500. The van der Waals surface area contributed by atoms with Crippen LogP contribution < -0.4 is 10.6 Å². The van der Waals surface area contributed by atoms with Crippen molar-refractivity contribution in [3.05, 3.63) is 71.9 Å². The molecular weight excluding hydrogens is 388 g/mol. The van der Waals surface area contributed by atoms with E-state index in [4.69, 9.17) is 0 Å². The summed E-state index contributed by atoms with van der Waals surface area (Å²) < 4.78 is 0. The number of phenols is 1. The van der Waals surface area contributed by atoms with E-state index >= 15 is 0 Å². The highest BCUT2D eigenvalue weighted by atomic mass is 16.3. The number of amides is 2. The highest BCUT2D eigenvalue weighted by Crippen LogP contribution is 2.24. The topological polar surface area (TPSA) is 153 Å². The maximum Gasteiger partial charge on any atom is 0.279 e. The van der Waals surface area contributed by atoms with Crippen molar-refractivity contribution < 1.29 is 19.8 Å². The van der Waals surface area contributed by atoms with Crippen LogP contribution in [0.4, 0.5) is 5.82 Å². The third-order valence-corrected chi connectivity index (χ3v) is 4.32. The van der Waals surface area contributed by atoms with Crippen LogP contribution in [-0.4, -0.2) is 42.0 Å². The number of phenolic OH excluding ortho intramolecular Hbond substituents is 1. The molecule has 3 heterocycles. The Kier molecular flexibility index (Phi) is 4.95. The summed E-state index contributed by atoms with van der Waals surface area (Å²) >= 11 is 0. The number of aromatic nitrogens is 4. The number of imidazole rings is 1. The highest BCUT2D eigenvalue weighted by Gasteiger charge is 2.17. The van der Waals surface area contributed by atoms with E-state index in [0.717, 1.165) is 0 Å². The van der Waals surface area contributed by atoms with Gasteiger partial charge in [0.1, 0.15) is 28.4 Å². The number of carbonyl (C=O) groups excluding carboxylic acids is 2. The second-order valence-electron chi connectivity index (χ2n) is 6.32. The van der Waals surface area contributed by atoms with Crippen LogP contribution in [0.15, 0.2) is 55.1 Å². The molecule has 0 unspecified atom stereocenters. The molecule has 0 bridgehead atoms. The van der Waals surface area contributed by atoms with Gasteiger partial charge in [0.25, 0.3) is 11.8 Å². The van der Waals surface area contributed by atoms with E-state index in [1.807, 2.05) is 0 Å².